The summed E-state index contributed by atoms with van der Waals surface area (Å²) >= 11 is 1.65. The van der Waals surface area contributed by atoms with Gasteiger partial charge in [0.2, 0.25) is 5.91 Å². The number of nitrogens with one attached hydrogen (secondary N) is 2. The lowest BCUT2D eigenvalue weighted by molar-refractivity contribution is -0.122. The normalized spacial score (nSPS) is 21.9. The molecule has 3 nitrogen and oxygen atoms in total. The fraction of sp³-hybridized carbons (Fsp3) is 0.444. The molecule has 0 bridgehead atoms. The summed E-state index contributed by atoms with van der Waals surface area (Å²) in [5.41, 5.74) is 1.29. The first kappa shape index (κ1) is 8.72. The number of hydrogen-bond donors (Lipinski definition) is 2. The molecule has 0 aromatic carbocycles. The van der Waals surface area contributed by atoms with Crippen molar-refractivity contribution in [2.75, 3.05) is 13.6 Å². The Kier molecular flexibility index (Phi) is 2.33. The maximum atomic E-state index is 11.5. The fourth-order valence-electron chi connectivity index (χ4n) is 1.61. The van der Waals surface area contributed by atoms with Gasteiger partial charge in [0.1, 0.15) is 6.04 Å². The molecule has 1 atom stereocenters. The van der Waals surface area contributed by atoms with Gasteiger partial charge in [-0.3, -0.25) is 4.79 Å². The highest BCUT2D eigenvalue weighted by Gasteiger charge is 2.24. The highest BCUT2D eigenvalue weighted by Crippen LogP contribution is 2.26. The molecule has 70 valence electrons. The molecule has 1 amide bonds. The van der Waals surface area contributed by atoms with Crippen molar-refractivity contribution in [3.05, 3.63) is 21.9 Å². The highest BCUT2D eigenvalue weighted by molar-refractivity contribution is 7.10. The van der Waals surface area contributed by atoms with E-state index in [1.54, 1.807) is 11.3 Å². The highest BCUT2D eigenvalue weighted by atomic mass is 32.1. The largest absolute Gasteiger partial charge is 0.354 e. The molecule has 4 heteroatoms. The Labute approximate surface area is 81.2 Å². The number of fused-ring (bicyclic) bond motifs is 1. The molecule has 1 unspecified atom stereocenters. The van der Waals surface area contributed by atoms with Gasteiger partial charge in [-0.2, -0.15) is 0 Å². The second-order valence-corrected chi connectivity index (χ2v) is 4.02. The minimum absolute atomic E-state index is 0.0868. The Bertz CT molecular complexity index is 321. The number of thiophene rings is 1. The summed E-state index contributed by atoms with van der Waals surface area (Å²) in [5, 5.41) is 7.97. The molecular formula is C9H12N2OS. The zero-order valence-electron chi connectivity index (χ0n) is 7.46. The molecule has 0 fully saturated rings. The standard InChI is InChI=1S/C9H12N2OS/c1-10-7-8-6(3-5-13-8)2-4-11-9(7)12/h3,5,7,10H,2,4H2,1H3,(H,11,12). The zero-order chi connectivity index (χ0) is 9.26. The van der Waals surface area contributed by atoms with Gasteiger partial charge in [-0.15, -0.1) is 11.3 Å². The molecule has 0 radical (unpaired) electrons. The van der Waals surface area contributed by atoms with E-state index < -0.39 is 0 Å². The van der Waals surface area contributed by atoms with Crippen molar-refractivity contribution < 1.29 is 4.79 Å². The zero-order valence-corrected chi connectivity index (χ0v) is 8.28. The molecule has 0 spiro atoms. The van der Waals surface area contributed by atoms with Crippen molar-refractivity contribution in [2.45, 2.75) is 12.5 Å². The van der Waals surface area contributed by atoms with Crippen LogP contribution < -0.4 is 10.6 Å². The molecule has 1 aliphatic rings. The number of hydrogen-bond acceptors (Lipinski definition) is 3. The average molecular weight is 196 g/mol. The second kappa shape index (κ2) is 3.47. The van der Waals surface area contributed by atoms with E-state index in [9.17, 15) is 4.79 Å². The topological polar surface area (TPSA) is 41.1 Å². The summed E-state index contributed by atoms with van der Waals surface area (Å²) in [6, 6.07) is 1.95. The first-order chi connectivity index (χ1) is 6.33. The van der Waals surface area contributed by atoms with Crippen molar-refractivity contribution >= 4 is 17.2 Å². The molecule has 0 aliphatic carbocycles. The van der Waals surface area contributed by atoms with Crippen LogP contribution in [0.1, 0.15) is 16.5 Å². The molecule has 1 aliphatic heterocycles. The van der Waals surface area contributed by atoms with E-state index >= 15 is 0 Å². The summed E-state index contributed by atoms with van der Waals surface area (Å²) in [5.74, 6) is 0.0868. The molecule has 1 aromatic rings. The van der Waals surface area contributed by atoms with Crippen LogP contribution in [-0.4, -0.2) is 19.5 Å². The van der Waals surface area contributed by atoms with Crippen molar-refractivity contribution in [3.8, 4) is 0 Å². The van der Waals surface area contributed by atoms with Gasteiger partial charge < -0.3 is 10.6 Å². The van der Waals surface area contributed by atoms with E-state index in [-0.39, 0.29) is 11.9 Å². The SMILES string of the molecule is CNC1C(=O)NCCc2ccsc21. The van der Waals surface area contributed by atoms with Gasteiger partial charge in [-0.05, 0) is 30.5 Å². The van der Waals surface area contributed by atoms with E-state index in [0.29, 0.717) is 0 Å². The molecule has 2 N–H and O–H groups in total. The van der Waals surface area contributed by atoms with E-state index in [2.05, 4.69) is 16.7 Å². The monoisotopic (exact) mass is 196 g/mol. The smallest absolute Gasteiger partial charge is 0.242 e. The van der Waals surface area contributed by atoms with Crippen molar-refractivity contribution in [2.24, 2.45) is 0 Å². The van der Waals surface area contributed by atoms with Crippen LogP contribution in [0.3, 0.4) is 0 Å². The van der Waals surface area contributed by atoms with Gasteiger partial charge >= 0.3 is 0 Å². The van der Waals surface area contributed by atoms with Crippen molar-refractivity contribution in [1.29, 1.82) is 0 Å². The van der Waals surface area contributed by atoms with E-state index in [0.717, 1.165) is 17.8 Å². The first-order valence-electron chi connectivity index (χ1n) is 4.34. The lowest BCUT2D eigenvalue weighted by atomic mass is 10.1. The second-order valence-electron chi connectivity index (χ2n) is 3.07. The Hall–Kier alpha value is -0.870. The summed E-state index contributed by atoms with van der Waals surface area (Å²) in [6.45, 7) is 0.751. The summed E-state index contributed by atoms with van der Waals surface area (Å²) < 4.78 is 0. The number of carbonyl (C=O) groups excluding carboxylic acids is 1. The lowest BCUT2D eigenvalue weighted by Gasteiger charge is -2.11. The van der Waals surface area contributed by atoms with Gasteiger partial charge in [-0.1, -0.05) is 0 Å². The molecule has 0 saturated heterocycles. The number of amides is 1. The minimum atomic E-state index is -0.155. The quantitative estimate of drug-likeness (QED) is 0.693. The summed E-state index contributed by atoms with van der Waals surface area (Å²) in [7, 11) is 1.82. The minimum Gasteiger partial charge on any atom is -0.354 e. The predicted molar refractivity (Wildman–Crippen MR) is 52.8 cm³/mol. The molecular weight excluding hydrogens is 184 g/mol. The van der Waals surface area contributed by atoms with Gasteiger partial charge in [0.05, 0.1) is 0 Å². The van der Waals surface area contributed by atoms with Crippen LogP contribution >= 0.6 is 11.3 Å². The van der Waals surface area contributed by atoms with Crippen LogP contribution in [0.2, 0.25) is 0 Å². The van der Waals surface area contributed by atoms with Crippen LogP contribution in [0.15, 0.2) is 11.4 Å². The Morgan fingerprint density at radius 1 is 1.69 bits per heavy atom. The van der Waals surface area contributed by atoms with Crippen LogP contribution in [0.25, 0.3) is 0 Å². The fourth-order valence-corrected chi connectivity index (χ4v) is 2.67. The first-order valence-corrected chi connectivity index (χ1v) is 5.22. The van der Waals surface area contributed by atoms with E-state index in [4.69, 9.17) is 0 Å². The number of rotatable bonds is 1. The summed E-state index contributed by atoms with van der Waals surface area (Å²) in [4.78, 5) is 12.7. The molecule has 2 heterocycles. The van der Waals surface area contributed by atoms with Crippen LogP contribution in [0.4, 0.5) is 0 Å². The molecule has 2 rings (SSSR count). The van der Waals surface area contributed by atoms with Crippen molar-refractivity contribution in [1.82, 2.24) is 10.6 Å². The maximum Gasteiger partial charge on any atom is 0.242 e. The Morgan fingerprint density at radius 2 is 2.54 bits per heavy atom. The lowest BCUT2D eigenvalue weighted by Crippen LogP contribution is -2.34. The maximum absolute atomic E-state index is 11.5. The van der Waals surface area contributed by atoms with Crippen LogP contribution in [0.5, 0.6) is 0 Å². The van der Waals surface area contributed by atoms with Crippen LogP contribution in [0, 0.1) is 0 Å². The van der Waals surface area contributed by atoms with E-state index in [1.807, 2.05) is 12.4 Å². The Morgan fingerprint density at radius 3 is 3.31 bits per heavy atom. The van der Waals surface area contributed by atoms with Gasteiger partial charge in [0, 0.05) is 11.4 Å². The van der Waals surface area contributed by atoms with Gasteiger partial charge in [0.25, 0.3) is 0 Å². The third kappa shape index (κ3) is 1.47. The average Bonchev–Trinajstić information content (AvgIpc) is 2.50. The van der Waals surface area contributed by atoms with Crippen molar-refractivity contribution in [3.63, 3.8) is 0 Å². The van der Waals surface area contributed by atoms with Crippen LogP contribution in [-0.2, 0) is 11.2 Å². The number of likely N-dealkylation sites (N-methyl/N-ethyl adjacent to an activating group) is 1. The predicted octanol–water partition coefficient (Wildman–Crippen LogP) is 0.681. The molecule has 0 saturated carbocycles. The summed E-state index contributed by atoms with van der Waals surface area (Å²) in [6.07, 6.45) is 0.947. The van der Waals surface area contributed by atoms with Gasteiger partial charge in [-0.25, -0.2) is 0 Å². The molecule has 1 aromatic heterocycles. The Balaban J connectivity index is 2.39. The van der Waals surface area contributed by atoms with E-state index in [1.165, 1.54) is 5.56 Å². The number of carbonyl (C=O) groups is 1. The van der Waals surface area contributed by atoms with Gasteiger partial charge in [0.15, 0.2) is 0 Å². The third-order valence-corrected chi connectivity index (χ3v) is 3.31. The third-order valence-electron chi connectivity index (χ3n) is 2.29. The molecule has 13 heavy (non-hydrogen) atoms.